The number of rotatable bonds is 9. The molecule has 6 rings (SSSR count). The molecule has 1 amide bonds. The molecule has 11 nitrogen and oxygen atoms in total. The Balaban J connectivity index is 1.29. The van der Waals surface area contributed by atoms with Gasteiger partial charge in [-0.05, 0) is 51.3 Å². The fourth-order valence-electron chi connectivity index (χ4n) is 7.81. The number of piperidine rings is 1. The van der Waals surface area contributed by atoms with Gasteiger partial charge in [-0.25, -0.2) is 14.6 Å². The first kappa shape index (κ1) is 33.5. The van der Waals surface area contributed by atoms with Crippen LogP contribution in [0.1, 0.15) is 55.9 Å². The van der Waals surface area contributed by atoms with Gasteiger partial charge >= 0.3 is 11.9 Å². The SMILES string of the molecule is COC(=O)C1=C(CCc2ncco2)NC(CC(=O)N2CCN(C3CC4CCC(C3)N4C)CC2)=C(C(=O)OC)C1c1c(Cl)cccc1Cl. The highest BCUT2D eigenvalue weighted by Crippen LogP contribution is 2.46. The number of aryl methyl sites for hydroxylation is 1. The zero-order valence-corrected chi connectivity index (χ0v) is 28.5. The Morgan fingerprint density at radius 2 is 1.53 bits per heavy atom. The lowest BCUT2D eigenvalue weighted by Crippen LogP contribution is -2.56. The van der Waals surface area contributed by atoms with Crippen LogP contribution in [0.5, 0.6) is 0 Å². The van der Waals surface area contributed by atoms with Gasteiger partial charge in [-0.1, -0.05) is 29.3 Å². The second kappa shape index (κ2) is 14.4. The van der Waals surface area contributed by atoms with Crippen LogP contribution in [-0.2, 0) is 30.3 Å². The monoisotopic (exact) mass is 685 g/mol. The van der Waals surface area contributed by atoms with Crippen molar-refractivity contribution in [1.29, 1.82) is 0 Å². The van der Waals surface area contributed by atoms with Crippen molar-refractivity contribution >= 4 is 41.0 Å². The number of hydrogen-bond acceptors (Lipinski definition) is 10. The largest absolute Gasteiger partial charge is 0.466 e. The van der Waals surface area contributed by atoms with Crippen LogP contribution in [0.2, 0.25) is 10.0 Å². The number of fused-ring (bicyclic) bond motifs is 2. The number of aromatic nitrogens is 1. The van der Waals surface area contributed by atoms with Crippen LogP contribution < -0.4 is 5.32 Å². The molecule has 0 aliphatic carbocycles. The molecule has 5 heterocycles. The number of carbonyl (C=O) groups is 3. The van der Waals surface area contributed by atoms with Gasteiger partial charge in [0.2, 0.25) is 5.91 Å². The molecule has 1 aromatic carbocycles. The fourth-order valence-corrected chi connectivity index (χ4v) is 8.43. The van der Waals surface area contributed by atoms with Crippen LogP contribution in [0.25, 0.3) is 0 Å². The molecule has 252 valence electrons. The zero-order chi connectivity index (χ0) is 33.2. The Labute approximate surface area is 284 Å². The number of allylic oxidation sites excluding steroid dienone is 1. The molecule has 3 fully saturated rings. The Bertz CT molecular complexity index is 1530. The van der Waals surface area contributed by atoms with Crippen molar-refractivity contribution in [2.75, 3.05) is 47.4 Å². The van der Waals surface area contributed by atoms with Gasteiger partial charge in [0.05, 0.1) is 43.9 Å². The van der Waals surface area contributed by atoms with Gasteiger partial charge in [0.25, 0.3) is 0 Å². The summed E-state index contributed by atoms with van der Waals surface area (Å²) in [6.45, 7) is 2.81. The first-order valence-corrected chi connectivity index (χ1v) is 16.9. The van der Waals surface area contributed by atoms with E-state index in [4.69, 9.17) is 37.1 Å². The number of halogens is 2. The Kier molecular flexibility index (Phi) is 10.3. The van der Waals surface area contributed by atoms with E-state index in [1.807, 2.05) is 4.90 Å². The molecule has 2 bridgehead atoms. The number of amides is 1. The third-order valence-electron chi connectivity index (χ3n) is 10.3. The number of ether oxygens (including phenoxy) is 2. The van der Waals surface area contributed by atoms with Crippen LogP contribution in [-0.4, -0.2) is 103 Å². The number of esters is 2. The third kappa shape index (κ3) is 6.81. The molecular weight excluding hydrogens is 645 g/mol. The number of dihydropyridines is 1. The smallest absolute Gasteiger partial charge is 0.336 e. The van der Waals surface area contributed by atoms with Crippen molar-refractivity contribution in [3.63, 3.8) is 0 Å². The van der Waals surface area contributed by atoms with Crippen LogP contribution in [0.4, 0.5) is 0 Å². The average Bonchev–Trinajstić information content (AvgIpc) is 3.65. The Morgan fingerprint density at radius 3 is 2.11 bits per heavy atom. The molecule has 0 spiro atoms. The van der Waals surface area contributed by atoms with Gasteiger partial charge in [0.1, 0.15) is 6.26 Å². The van der Waals surface area contributed by atoms with Crippen molar-refractivity contribution in [1.82, 2.24) is 25.0 Å². The van der Waals surface area contributed by atoms with E-state index in [0.29, 0.717) is 60.5 Å². The van der Waals surface area contributed by atoms with Gasteiger partial charge in [0, 0.05) is 77.7 Å². The summed E-state index contributed by atoms with van der Waals surface area (Å²) >= 11 is 13.4. The van der Waals surface area contributed by atoms with Crippen molar-refractivity contribution in [2.24, 2.45) is 0 Å². The third-order valence-corrected chi connectivity index (χ3v) is 10.9. The second-order valence-electron chi connectivity index (χ2n) is 12.7. The molecule has 4 aliphatic rings. The van der Waals surface area contributed by atoms with Crippen molar-refractivity contribution < 1.29 is 28.3 Å². The number of piperazine rings is 1. The standard InChI is InChI=1S/C34H41Cl2N5O6/c1-39-20-7-8-21(39)18-22(17-20)40-12-14-41(15-13-40)28(42)19-26-31(34(44)46-3)32(29-23(35)5-4-6-24(29)36)30(33(43)45-2)25(38-26)9-10-27-37-11-16-47-27/h4-6,11,16,20-22,32,38H,7-10,12-15,17-19H2,1-3H3. The quantitative estimate of drug-likeness (QED) is 0.383. The number of benzene rings is 1. The summed E-state index contributed by atoms with van der Waals surface area (Å²) in [5, 5.41) is 3.78. The van der Waals surface area contributed by atoms with E-state index in [9.17, 15) is 14.4 Å². The van der Waals surface area contributed by atoms with E-state index < -0.39 is 17.9 Å². The minimum absolute atomic E-state index is 0.0801. The van der Waals surface area contributed by atoms with Gasteiger partial charge in [-0.15, -0.1) is 0 Å². The summed E-state index contributed by atoms with van der Waals surface area (Å²) in [6.07, 6.45) is 8.41. The topological polar surface area (TPSA) is 117 Å². The molecule has 0 radical (unpaired) electrons. The highest BCUT2D eigenvalue weighted by atomic mass is 35.5. The van der Waals surface area contributed by atoms with Crippen molar-refractivity contribution in [2.45, 2.75) is 69.0 Å². The van der Waals surface area contributed by atoms with E-state index in [2.05, 4.69) is 27.1 Å². The predicted octanol–water partition coefficient (Wildman–Crippen LogP) is 4.31. The molecule has 3 atom stereocenters. The molecule has 3 unspecified atom stereocenters. The lowest BCUT2D eigenvalue weighted by molar-refractivity contribution is -0.137. The average molecular weight is 687 g/mol. The first-order chi connectivity index (χ1) is 22.7. The summed E-state index contributed by atoms with van der Waals surface area (Å²) in [7, 11) is 4.77. The number of carbonyl (C=O) groups excluding carboxylic acids is 3. The lowest BCUT2D eigenvalue weighted by Gasteiger charge is -2.45. The highest BCUT2D eigenvalue weighted by Gasteiger charge is 2.43. The molecule has 1 aromatic heterocycles. The van der Waals surface area contributed by atoms with Crippen LogP contribution >= 0.6 is 23.2 Å². The number of nitrogens with one attached hydrogen (secondary N) is 1. The van der Waals surface area contributed by atoms with E-state index >= 15 is 0 Å². The molecule has 0 saturated carbocycles. The second-order valence-corrected chi connectivity index (χ2v) is 13.5. The van der Waals surface area contributed by atoms with E-state index in [1.54, 1.807) is 24.4 Å². The Morgan fingerprint density at radius 1 is 0.915 bits per heavy atom. The van der Waals surface area contributed by atoms with Gasteiger partial charge in [-0.3, -0.25) is 9.69 Å². The Hall–Kier alpha value is -3.38. The maximum absolute atomic E-state index is 14.0. The zero-order valence-electron chi connectivity index (χ0n) is 27.0. The molecule has 13 heteroatoms. The molecule has 4 aliphatic heterocycles. The van der Waals surface area contributed by atoms with Crippen LogP contribution in [0, 0.1) is 0 Å². The summed E-state index contributed by atoms with van der Waals surface area (Å²) in [5.41, 5.74) is 1.35. The van der Waals surface area contributed by atoms with Crippen molar-refractivity contribution in [3.8, 4) is 0 Å². The summed E-state index contributed by atoms with van der Waals surface area (Å²) in [5.74, 6) is -2.11. The molecule has 2 aromatic rings. The number of oxazole rings is 1. The minimum atomic E-state index is -1.06. The molecule has 3 saturated heterocycles. The highest BCUT2D eigenvalue weighted by molar-refractivity contribution is 6.36. The normalized spacial score (nSPS) is 25.2. The van der Waals surface area contributed by atoms with Crippen LogP contribution in [0.3, 0.4) is 0 Å². The maximum atomic E-state index is 14.0. The molecular formula is C34H41Cl2N5O6. The van der Waals surface area contributed by atoms with Gasteiger partial charge in [0.15, 0.2) is 5.89 Å². The van der Waals surface area contributed by atoms with Crippen LogP contribution in [0.15, 0.2) is 57.6 Å². The lowest BCUT2D eigenvalue weighted by atomic mass is 9.78. The number of hydrogen-bond donors (Lipinski definition) is 1. The summed E-state index contributed by atoms with van der Waals surface area (Å²) in [4.78, 5) is 52.2. The van der Waals surface area contributed by atoms with E-state index in [1.165, 1.54) is 46.2 Å². The van der Waals surface area contributed by atoms with E-state index in [-0.39, 0.29) is 39.9 Å². The number of nitrogens with zero attached hydrogens (tertiary/aromatic N) is 4. The van der Waals surface area contributed by atoms with Crippen molar-refractivity contribution in [3.05, 3.63) is 74.7 Å². The number of methoxy groups -OCH3 is 2. The fraction of sp³-hybridized carbons (Fsp3) is 0.529. The van der Waals surface area contributed by atoms with Gasteiger partial charge < -0.3 is 29.0 Å². The minimum Gasteiger partial charge on any atom is -0.466 e. The summed E-state index contributed by atoms with van der Waals surface area (Å²) in [6, 6.07) is 6.81. The maximum Gasteiger partial charge on any atom is 0.336 e. The first-order valence-electron chi connectivity index (χ1n) is 16.2. The van der Waals surface area contributed by atoms with E-state index in [0.717, 1.165) is 13.1 Å². The predicted molar refractivity (Wildman–Crippen MR) is 176 cm³/mol. The molecule has 1 N–H and O–H groups in total. The summed E-state index contributed by atoms with van der Waals surface area (Å²) < 4.78 is 15.9. The van der Waals surface area contributed by atoms with Gasteiger partial charge in [-0.2, -0.15) is 0 Å². The molecule has 47 heavy (non-hydrogen) atoms.